The summed E-state index contributed by atoms with van der Waals surface area (Å²) in [5.41, 5.74) is 1.04. The number of rotatable bonds is 6. The Morgan fingerprint density at radius 2 is 2.03 bits per heavy atom. The topological polar surface area (TPSA) is 108 Å². The van der Waals surface area contributed by atoms with Gasteiger partial charge in [-0.25, -0.2) is 13.1 Å². The van der Waals surface area contributed by atoms with E-state index in [-0.39, 0.29) is 23.9 Å². The van der Waals surface area contributed by atoms with Gasteiger partial charge in [-0.15, -0.1) is 0 Å². The number of amides is 2. The van der Waals surface area contributed by atoms with Crippen LogP contribution in [0.2, 0.25) is 0 Å². The van der Waals surface area contributed by atoms with Crippen molar-refractivity contribution in [3.63, 3.8) is 0 Å². The molecule has 0 aromatic heterocycles. The lowest BCUT2D eigenvalue weighted by atomic mass is 10.1. The van der Waals surface area contributed by atoms with Crippen molar-refractivity contribution in [1.29, 1.82) is 0 Å². The molecule has 2 fully saturated rings. The number of methoxy groups -OCH3 is 1. The number of fused-ring (bicyclic) bond motifs is 1. The van der Waals surface area contributed by atoms with Gasteiger partial charge in [0.2, 0.25) is 21.8 Å². The third kappa shape index (κ3) is 5.68. The largest absolute Gasteiger partial charge is 0.497 e. The van der Waals surface area contributed by atoms with Gasteiger partial charge in [0.05, 0.1) is 13.4 Å². The fraction of sp³-hybridized carbons (Fsp3) is 0.579. The van der Waals surface area contributed by atoms with E-state index < -0.39 is 16.1 Å². The van der Waals surface area contributed by atoms with Crippen molar-refractivity contribution in [2.75, 3.05) is 33.0 Å². The van der Waals surface area contributed by atoms with Gasteiger partial charge in [0.15, 0.2) is 0 Å². The summed E-state index contributed by atoms with van der Waals surface area (Å²) in [7, 11) is -1.75. The molecule has 2 N–H and O–H groups in total. The van der Waals surface area contributed by atoms with Crippen molar-refractivity contribution >= 4 is 21.8 Å². The molecule has 0 aliphatic carbocycles. The molecule has 10 heteroatoms. The van der Waals surface area contributed by atoms with E-state index >= 15 is 0 Å². The molecule has 2 heterocycles. The molecule has 2 aliphatic rings. The van der Waals surface area contributed by atoms with Gasteiger partial charge in [0.25, 0.3) is 0 Å². The third-order valence-corrected chi connectivity index (χ3v) is 5.97. The number of carbonyl (C=O) groups excluding carboxylic acids is 2. The minimum absolute atomic E-state index is 0.119. The van der Waals surface area contributed by atoms with E-state index in [0.717, 1.165) is 17.6 Å². The minimum Gasteiger partial charge on any atom is -0.497 e. The number of ether oxygens (including phenoxy) is 1. The highest BCUT2D eigenvalue weighted by Gasteiger charge is 2.42. The quantitative estimate of drug-likeness (QED) is 0.640. The van der Waals surface area contributed by atoms with E-state index in [4.69, 9.17) is 4.74 Å². The van der Waals surface area contributed by atoms with Gasteiger partial charge in [-0.3, -0.25) is 14.5 Å². The van der Waals surface area contributed by atoms with Crippen LogP contribution >= 0.6 is 0 Å². The van der Waals surface area contributed by atoms with Crippen LogP contribution in [-0.4, -0.2) is 81.2 Å². The highest BCUT2D eigenvalue weighted by molar-refractivity contribution is 7.88. The summed E-state index contributed by atoms with van der Waals surface area (Å²) in [6.07, 6.45) is 1.66. The molecule has 3 rings (SSSR count). The number of hydrogen-bond acceptors (Lipinski definition) is 6. The summed E-state index contributed by atoms with van der Waals surface area (Å²) in [4.78, 5) is 28.5. The Hall–Kier alpha value is -2.17. The van der Waals surface area contributed by atoms with Gasteiger partial charge in [0, 0.05) is 45.2 Å². The summed E-state index contributed by atoms with van der Waals surface area (Å²) in [6.45, 7) is 3.28. The molecule has 2 amide bonds. The monoisotopic (exact) mass is 424 g/mol. The molecule has 29 heavy (non-hydrogen) atoms. The molecule has 1 aromatic carbocycles. The predicted molar refractivity (Wildman–Crippen MR) is 108 cm³/mol. The Labute approximate surface area is 171 Å². The van der Waals surface area contributed by atoms with E-state index in [0.29, 0.717) is 32.6 Å². The van der Waals surface area contributed by atoms with E-state index in [1.54, 1.807) is 12.0 Å². The highest BCUT2D eigenvalue weighted by atomic mass is 32.2. The lowest BCUT2D eigenvalue weighted by molar-refractivity contribution is -0.135. The van der Waals surface area contributed by atoms with Crippen LogP contribution in [0.3, 0.4) is 0 Å². The molecule has 2 saturated heterocycles. The first kappa shape index (κ1) is 21.5. The fourth-order valence-electron chi connectivity index (χ4n) is 4.17. The van der Waals surface area contributed by atoms with E-state index in [2.05, 4.69) is 14.9 Å². The van der Waals surface area contributed by atoms with Crippen LogP contribution in [0.1, 0.15) is 18.9 Å². The summed E-state index contributed by atoms with van der Waals surface area (Å²) in [5.74, 6) is 0.316. The highest BCUT2D eigenvalue weighted by Crippen LogP contribution is 2.25. The molecule has 1 aromatic rings. The van der Waals surface area contributed by atoms with Crippen LogP contribution < -0.4 is 14.8 Å². The van der Waals surface area contributed by atoms with Gasteiger partial charge < -0.3 is 15.0 Å². The molecule has 0 radical (unpaired) electrons. The number of nitrogens with zero attached hydrogens (tertiary/aromatic N) is 2. The Balaban J connectivity index is 1.81. The lowest BCUT2D eigenvalue weighted by Crippen LogP contribution is -2.51. The van der Waals surface area contributed by atoms with Gasteiger partial charge in [-0.05, 0) is 24.1 Å². The molecular formula is C19H28N4O5S. The second kappa shape index (κ2) is 8.68. The van der Waals surface area contributed by atoms with Crippen molar-refractivity contribution < 1.29 is 22.7 Å². The number of carbonyl (C=O) groups is 2. The average Bonchev–Trinajstić information content (AvgIpc) is 2.95. The third-order valence-electron chi connectivity index (χ3n) is 5.20. The smallest absolute Gasteiger partial charge is 0.246 e. The first-order chi connectivity index (χ1) is 13.6. The summed E-state index contributed by atoms with van der Waals surface area (Å²) < 4.78 is 31.1. The zero-order chi connectivity index (χ0) is 21.2. The molecule has 2 aliphatic heterocycles. The van der Waals surface area contributed by atoms with Crippen LogP contribution in [0, 0.1) is 0 Å². The Morgan fingerprint density at radius 3 is 2.69 bits per heavy atom. The van der Waals surface area contributed by atoms with E-state index in [1.165, 1.54) is 6.92 Å². The molecule has 160 valence electrons. The second-order valence-electron chi connectivity index (χ2n) is 7.77. The minimum atomic E-state index is -3.36. The van der Waals surface area contributed by atoms with Crippen LogP contribution in [-0.2, 0) is 26.2 Å². The molecule has 0 spiro atoms. The zero-order valence-corrected chi connectivity index (χ0v) is 17.7. The van der Waals surface area contributed by atoms with E-state index in [1.807, 2.05) is 24.3 Å². The van der Waals surface area contributed by atoms with Crippen molar-refractivity contribution in [2.24, 2.45) is 0 Å². The van der Waals surface area contributed by atoms with Crippen molar-refractivity contribution in [1.82, 2.24) is 19.8 Å². The molecule has 9 nitrogen and oxygen atoms in total. The van der Waals surface area contributed by atoms with Crippen LogP contribution in [0.4, 0.5) is 0 Å². The van der Waals surface area contributed by atoms with Crippen LogP contribution in [0.25, 0.3) is 0 Å². The summed E-state index contributed by atoms with van der Waals surface area (Å²) in [6, 6.07) is 6.61. The molecule has 3 atom stereocenters. The molecular weight excluding hydrogens is 396 g/mol. The molecule has 0 saturated carbocycles. The second-order valence-corrected chi connectivity index (χ2v) is 9.55. The Bertz CT molecular complexity index is 875. The number of nitrogens with one attached hydrogen (secondary N) is 2. The Kier molecular flexibility index (Phi) is 6.45. The maximum absolute atomic E-state index is 13.1. The van der Waals surface area contributed by atoms with Crippen molar-refractivity contribution in [2.45, 2.75) is 38.0 Å². The number of hydrogen-bond donors (Lipinski definition) is 2. The summed E-state index contributed by atoms with van der Waals surface area (Å²) >= 11 is 0. The maximum atomic E-state index is 13.1. The van der Waals surface area contributed by atoms with Gasteiger partial charge >= 0.3 is 0 Å². The van der Waals surface area contributed by atoms with Crippen LogP contribution in [0.5, 0.6) is 5.75 Å². The van der Waals surface area contributed by atoms with Gasteiger partial charge in [-0.1, -0.05) is 12.1 Å². The van der Waals surface area contributed by atoms with Gasteiger partial charge in [0.1, 0.15) is 11.8 Å². The maximum Gasteiger partial charge on any atom is 0.246 e. The molecule has 0 unspecified atom stereocenters. The van der Waals surface area contributed by atoms with Crippen molar-refractivity contribution in [3.8, 4) is 5.75 Å². The summed E-state index contributed by atoms with van der Waals surface area (Å²) in [5, 5.41) is 2.75. The van der Waals surface area contributed by atoms with E-state index in [9.17, 15) is 18.0 Å². The zero-order valence-electron chi connectivity index (χ0n) is 16.9. The van der Waals surface area contributed by atoms with Crippen molar-refractivity contribution in [3.05, 3.63) is 29.8 Å². The average molecular weight is 425 g/mol. The number of benzene rings is 1. The fourth-order valence-corrected chi connectivity index (χ4v) is 4.94. The first-order valence-electron chi connectivity index (χ1n) is 9.55. The molecule has 0 bridgehead atoms. The van der Waals surface area contributed by atoms with Gasteiger partial charge in [-0.2, -0.15) is 0 Å². The SMILES string of the molecule is COc1cccc(CN2C[C@@H]3C[C@H](NS(C)(=O)=O)CN3C(=O)[C@@H](NC(C)=O)C2)c1. The standard InChI is InChI=1S/C19H28N4O5S/c1-13(24)20-18-12-22(9-14-5-4-6-17(7-14)28-2)11-16-8-15(21-29(3,26)27)10-23(16)19(18)25/h4-7,15-16,18,21H,8-12H2,1-3H3,(H,20,24)/t15-,16-,18-/m0/s1. The normalized spacial score (nSPS) is 25.4. The predicted octanol–water partition coefficient (Wildman–Crippen LogP) is -0.466. The first-order valence-corrected chi connectivity index (χ1v) is 11.4. The Morgan fingerprint density at radius 1 is 1.28 bits per heavy atom. The number of sulfonamides is 1. The van der Waals surface area contributed by atoms with Crippen LogP contribution in [0.15, 0.2) is 24.3 Å². The lowest BCUT2D eigenvalue weighted by Gasteiger charge is -2.25.